The van der Waals surface area contributed by atoms with E-state index in [1.54, 1.807) is 24.3 Å². The summed E-state index contributed by atoms with van der Waals surface area (Å²) in [6.07, 6.45) is 2.20. The highest BCUT2D eigenvalue weighted by Gasteiger charge is 2.28. The molecule has 0 bridgehead atoms. The summed E-state index contributed by atoms with van der Waals surface area (Å²) < 4.78 is 11.7. The van der Waals surface area contributed by atoms with E-state index < -0.39 is 5.97 Å². The average Bonchev–Trinajstić information content (AvgIpc) is 3.39. The van der Waals surface area contributed by atoms with Crippen LogP contribution in [0, 0.1) is 0 Å². The van der Waals surface area contributed by atoms with Crippen LogP contribution in [-0.4, -0.2) is 27.2 Å². The van der Waals surface area contributed by atoms with Crippen LogP contribution in [0.25, 0.3) is 4.96 Å². The Morgan fingerprint density at radius 1 is 1.35 bits per heavy atom. The number of fused-ring (bicyclic) bond motifs is 1. The Balaban J connectivity index is 1.38. The predicted octanol–water partition coefficient (Wildman–Crippen LogP) is 2.80. The van der Waals surface area contributed by atoms with Crippen molar-refractivity contribution < 1.29 is 14.3 Å². The smallest absolute Gasteiger partial charge is 0.344 e. The number of para-hydroxylation sites is 1. The third-order valence-electron chi connectivity index (χ3n) is 3.80. The maximum Gasteiger partial charge on any atom is 0.344 e. The van der Waals surface area contributed by atoms with Crippen LogP contribution < -0.4 is 10.3 Å². The molecule has 1 saturated carbocycles. The molecule has 1 aromatic carbocycles. The zero-order valence-corrected chi connectivity index (χ0v) is 15.1. The first-order valence-electron chi connectivity index (χ1n) is 8.03. The van der Waals surface area contributed by atoms with Gasteiger partial charge in [0.05, 0.1) is 10.7 Å². The molecule has 0 amide bonds. The molecular weight excluding hydrogens is 378 g/mol. The lowest BCUT2D eigenvalue weighted by Gasteiger charge is -2.07. The first kappa shape index (κ1) is 17.0. The molecule has 7 nitrogen and oxygen atoms in total. The molecule has 2 heterocycles. The van der Waals surface area contributed by atoms with E-state index in [2.05, 4.69) is 10.1 Å². The van der Waals surface area contributed by atoms with Gasteiger partial charge < -0.3 is 9.47 Å². The molecule has 1 fully saturated rings. The Hall–Kier alpha value is -2.45. The standard InChI is InChI=1S/C17H14ClN3O4S/c18-12-3-1-2-4-13(12)24-9-15(23)25-8-11-7-14(22)21-17(19-11)26-16(20-21)10-5-6-10/h1-4,7,10H,5-6,8-9H2. The lowest BCUT2D eigenvalue weighted by molar-refractivity contribution is -0.147. The SMILES string of the molecule is O=C(COc1ccccc1Cl)OCc1cc(=O)n2nc(C3CC3)sc2n1. The summed E-state index contributed by atoms with van der Waals surface area (Å²) >= 11 is 7.35. The van der Waals surface area contributed by atoms with Crippen molar-refractivity contribution in [2.45, 2.75) is 25.4 Å². The van der Waals surface area contributed by atoms with Crippen LogP contribution in [-0.2, 0) is 16.1 Å². The number of rotatable bonds is 6. The van der Waals surface area contributed by atoms with E-state index in [0.717, 1.165) is 17.8 Å². The highest BCUT2D eigenvalue weighted by Crippen LogP contribution is 2.41. The summed E-state index contributed by atoms with van der Waals surface area (Å²) in [4.78, 5) is 28.8. The molecule has 0 aliphatic heterocycles. The van der Waals surface area contributed by atoms with Crippen LogP contribution in [0.2, 0.25) is 5.02 Å². The van der Waals surface area contributed by atoms with E-state index in [-0.39, 0.29) is 18.8 Å². The number of aromatic nitrogens is 3. The van der Waals surface area contributed by atoms with Crippen molar-refractivity contribution in [3.63, 3.8) is 0 Å². The van der Waals surface area contributed by atoms with Crippen LogP contribution in [0.3, 0.4) is 0 Å². The molecule has 4 rings (SSSR count). The highest BCUT2D eigenvalue weighted by atomic mass is 35.5. The van der Waals surface area contributed by atoms with E-state index in [0.29, 0.717) is 27.3 Å². The van der Waals surface area contributed by atoms with Gasteiger partial charge in [-0.05, 0) is 25.0 Å². The molecule has 1 aliphatic rings. The molecule has 134 valence electrons. The predicted molar refractivity (Wildman–Crippen MR) is 95.9 cm³/mol. The second kappa shape index (κ2) is 7.05. The fourth-order valence-corrected chi connectivity index (χ4v) is 3.62. The molecule has 0 spiro atoms. The van der Waals surface area contributed by atoms with Gasteiger partial charge in [-0.25, -0.2) is 9.78 Å². The van der Waals surface area contributed by atoms with Crippen molar-refractivity contribution in [1.82, 2.24) is 14.6 Å². The molecule has 0 saturated heterocycles. The summed E-state index contributed by atoms with van der Waals surface area (Å²) in [7, 11) is 0. The first-order chi connectivity index (χ1) is 12.6. The van der Waals surface area contributed by atoms with Gasteiger partial charge in [-0.15, -0.1) is 0 Å². The molecule has 9 heteroatoms. The van der Waals surface area contributed by atoms with Crippen molar-refractivity contribution in [3.8, 4) is 5.75 Å². The maximum atomic E-state index is 12.1. The third-order valence-corrected chi connectivity index (χ3v) is 5.19. The van der Waals surface area contributed by atoms with Crippen LogP contribution >= 0.6 is 22.9 Å². The monoisotopic (exact) mass is 391 g/mol. The van der Waals surface area contributed by atoms with Gasteiger partial charge in [0.1, 0.15) is 17.4 Å². The Labute approximate surface area is 157 Å². The van der Waals surface area contributed by atoms with E-state index in [1.807, 2.05) is 0 Å². The summed E-state index contributed by atoms with van der Waals surface area (Å²) in [6, 6.07) is 8.17. The van der Waals surface area contributed by atoms with Crippen molar-refractivity contribution in [2.24, 2.45) is 0 Å². The normalized spacial score (nSPS) is 13.7. The molecule has 0 radical (unpaired) electrons. The largest absolute Gasteiger partial charge is 0.480 e. The summed E-state index contributed by atoms with van der Waals surface area (Å²) in [5.41, 5.74) is 0.101. The first-order valence-corrected chi connectivity index (χ1v) is 9.22. The molecule has 2 aromatic heterocycles. The number of hydrogen-bond acceptors (Lipinski definition) is 7. The number of nitrogens with zero attached hydrogens (tertiary/aromatic N) is 3. The van der Waals surface area contributed by atoms with Crippen molar-refractivity contribution in [3.05, 3.63) is 56.4 Å². The van der Waals surface area contributed by atoms with Crippen molar-refractivity contribution in [1.29, 1.82) is 0 Å². The third kappa shape index (κ3) is 3.71. The van der Waals surface area contributed by atoms with Gasteiger partial charge >= 0.3 is 5.97 Å². The fourth-order valence-electron chi connectivity index (χ4n) is 2.33. The van der Waals surface area contributed by atoms with Gasteiger partial charge in [0.25, 0.3) is 5.56 Å². The Morgan fingerprint density at radius 2 is 2.15 bits per heavy atom. The minimum absolute atomic E-state index is 0.104. The van der Waals surface area contributed by atoms with Gasteiger partial charge in [-0.1, -0.05) is 35.1 Å². The van der Waals surface area contributed by atoms with E-state index >= 15 is 0 Å². The quantitative estimate of drug-likeness (QED) is 0.601. The van der Waals surface area contributed by atoms with Gasteiger partial charge in [0.2, 0.25) is 4.96 Å². The summed E-state index contributed by atoms with van der Waals surface area (Å²) in [5, 5.41) is 5.64. The van der Waals surface area contributed by atoms with Gasteiger partial charge in [0.15, 0.2) is 6.61 Å². The van der Waals surface area contributed by atoms with E-state index in [9.17, 15) is 9.59 Å². The number of carbonyl (C=O) groups is 1. The number of esters is 1. The highest BCUT2D eigenvalue weighted by molar-refractivity contribution is 7.16. The number of carbonyl (C=O) groups excluding carboxylic acids is 1. The number of ether oxygens (including phenoxy) is 2. The zero-order valence-electron chi connectivity index (χ0n) is 13.6. The van der Waals surface area contributed by atoms with Crippen molar-refractivity contribution in [2.75, 3.05) is 6.61 Å². The zero-order chi connectivity index (χ0) is 18.1. The molecular formula is C17H14ClN3O4S. The molecule has 26 heavy (non-hydrogen) atoms. The summed E-state index contributed by atoms with van der Waals surface area (Å²) in [6.45, 7) is -0.384. The van der Waals surface area contributed by atoms with Crippen molar-refractivity contribution >= 4 is 33.9 Å². The van der Waals surface area contributed by atoms with E-state index in [4.69, 9.17) is 21.1 Å². The Bertz CT molecular complexity index is 1030. The second-order valence-corrected chi connectivity index (χ2v) is 7.27. The number of hydrogen-bond donors (Lipinski definition) is 0. The molecule has 1 aliphatic carbocycles. The van der Waals surface area contributed by atoms with Gasteiger partial charge in [-0.3, -0.25) is 4.79 Å². The van der Waals surface area contributed by atoms with Gasteiger partial charge in [0, 0.05) is 12.0 Å². The molecule has 0 N–H and O–H groups in total. The minimum atomic E-state index is -0.574. The Kier molecular flexibility index (Phi) is 4.60. The maximum absolute atomic E-state index is 12.1. The fraction of sp³-hybridized carbons (Fsp3) is 0.294. The number of halogens is 1. The Morgan fingerprint density at radius 3 is 2.92 bits per heavy atom. The number of benzene rings is 1. The van der Waals surface area contributed by atoms with E-state index in [1.165, 1.54) is 21.9 Å². The summed E-state index contributed by atoms with van der Waals surface area (Å²) in [5.74, 6) is 0.278. The molecule has 0 atom stereocenters. The lowest BCUT2D eigenvalue weighted by atomic mass is 10.3. The van der Waals surface area contributed by atoms with Gasteiger partial charge in [-0.2, -0.15) is 9.61 Å². The lowest BCUT2D eigenvalue weighted by Crippen LogP contribution is -2.18. The molecule has 0 unspecified atom stereocenters. The second-order valence-electron chi connectivity index (χ2n) is 5.87. The molecule has 3 aromatic rings. The average molecular weight is 392 g/mol. The van der Waals surface area contributed by atoms with Crippen LogP contribution in [0.5, 0.6) is 5.75 Å². The van der Waals surface area contributed by atoms with Crippen LogP contribution in [0.1, 0.15) is 29.5 Å². The topological polar surface area (TPSA) is 82.8 Å². The van der Waals surface area contributed by atoms with Crippen LogP contribution in [0.4, 0.5) is 0 Å². The van der Waals surface area contributed by atoms with Crippen LogP contribution in [0.15, 0.2) is 35.1 Å². The minimum Gasteiger partial charge on any atom is -0.480 e.